The number of nitrogens with zero attached hydrogens (tertiary/aromatic N) is 1. The maximum Gasteiger partial charge on any atom is 0.344 e. The van der Waals surface area contributed by atoms with Gasteiger partial charge in [-0.05, 0) is 33.8 Å². The van der Waals surface area contributed by atoms with Gasteiger partial charge in [0.25, 0.3) is 5.91 Å². The molecule has 0 fully saturated rings. The second kappa shape index (κ2) is 9.51. The number of Topliss-reactive ketones (excluding diaryl/α,β-unsaturated/α-hetero) is 1. The van der Waals surface area contributed by atoms with Crippen molar-refractivity contribution in [2.24, 2.45) is 0 Å². The van der Waals surface area contributed by atoms with Crippen molar-refractivity contribution in [1.29, 1.82) is 0 Å². The standard InChI is InChI=1S/C23H24N2O7/c1-5-25-11-16(15-9-7-8-10-17(15)25)22(28)31-12-18(27)24-21-20(23(29)30-6-2)19(13(3)26)14(4)32-21/h7-11H,5-6,12H2,1-4H3,(H,24,27). The number of hydrogen-bond acceptors (Lipinski definition) is 7. The monoisotopic (exact) mass is 440 g/mol. The molecule has 0 saturated carbocycles. The van der Waals surface area contributed by atoms with Crippen LogP contribution in [0.25, 0.3) is 10.9 Å². The Balaban J connectivity index is 1.76. The summed E-state index contributed by atoms with van der Waals surface area (Å²) in [5, 5.41) is 3.10. The number of para-hydroxylation sites is 1. The molecule has 9 heteroatoms. The Kier molecular flexibility index (Phi) is 6.77. The van der Waals surface area contributed by atoms with Crippen LogP contribution in [0.5, 0.6) is 0 Å². The lowest BCUT2D eigenvalue weighted by Gasteiger charge is -2.07. The van der Waals surface area contributed by atoms with E-state index in [0.29, 0.717) is 12.1 Å². The predicted octanol–water partition coefficient (Wildman–Crippen LogP) is 3.74. The minimum Gasteiger partial charge on any atom is -0.462 e. The molecule has 2 heterocycles. The fourth-order valence-corrected chi connectivity index (χ4v) is 3.50. The zero-order valence-corrected chi connectivity index (χ0v) is 18.3. The number of carbonyl (C=O) groups excluding carboxylic acids is 4. The number of furan rings is 1. The van der Waals surface area contributed by atoms with Crippen molar-refractivity contribution in [1.82, 2.24) is 4.57 Å². The minimum atomic E-state index is -0.797. The molecule has 0 aliphatic heterocycles. The zero-order valence-electron chi connectivity index (χ0n) is 18.3. The molecule has 1 aromatic carbocycles. The van der Waals surface area contributed by atoms with Gasteiger partial charge in [-0.1, -0.05) is 18.2 Å². The Morgan fingerprint density at radius 1 is 1.03 bits per heavy atom. The van der Waals surface area contributed by atoms with Gasteiger partial charge in [0, 0.05) is 23.6 Å². The van der Waals surface area contributed by atoms with Gasteiger partial charge in [0.2, 0.25) is 5.88 Å². The van der Waals surface area contributed by atoms with Gasteiger partial charge in [0.1, 0.15) is 11.3 Å². The van der Waals surface area contributed by atoms with Gasteiger partial charge in [0.05, 0.1) is 17.7 Å². The Hall–Kier alpha value is -3.88. The van der Waals surface area contributed by atoms with E-state index in [0.717, 1.165) is 10.9 Å². The first-order chi connectivity index (χ1) is 15.3. The molecule has 32 heavy (non-hydrogen) atoms. The molecule has 1 N–H and O–H groups in total. The number of esters is 2. The number of ketones is 1. The van der Waals surface area contributed by atoms with Crippen molar-refractivity contribution in [3.8, 4) is 0 Å². The molecule has 0 aliphatic rings. The number of amides is 1. The van der Waals surface area contributed by atoms with Crippen LogP contribution in [0.2, 0.25) is 0 Å². The third-order valence-electron chi connectivity index (χ3n) is 4.85. The summed E-state index contributed by atoms with van der Waals surface area (Å²) < 4.78 is 17.5. The molecule has 0 spiro atoms. The van der Waals surface area contributed by atoms with Gasteiger partial charge < -0.3 is 18.5 Å². The number of fused-ring (bicyclic) bond motifs is 1. The maximum absolute atomic E-state index is 12.6. The summed E-state index contributed by atoms with van der Waals surface area (Å²) in [5.41, 5.74) is 1.09. The fraction of sp³-hybridized carbons (Fsp3) is 0.304. The molecule has 1 amide bonds. The number of aryl methyl sites for hydroxylation is 2. The topological polar surface area (TPSA) is 117 Å². The third kappa shape index (κ3) is 4.41. The number of benzene rings is 1. The molecule has 2 aromatic heterocycles. The van der Waals surface area contributed by atoms with E-state index in [-0.39, 0.29) is 29.4 Å². The second-order valence-corrected chi connectivity index (χ2v) is 6.98. The van der Waals surface area contributed by atoms with E-state index in [9.17, 15) is 19.2 Å². The van der Waals surface area contributed by atoms with Crippen LogP contribution >= 0.6 is 0 Å². The highest BCUT2D eigenvalue weighted by atomic mass is 16.5. The van der Waals surface area contributed by atoms with E-state index in [1.807, 2.05) is 29.7 Å². The van der Waals surface area contributed by atoms with Crippen molar-refractivity contribution in [2.45, 2.75) is 34.2 Å². The van der Waals surface area contributed by atoms with Crippen molar-refractivity contribution >= 4 is 40.4 Å². The number of hydrogen-bond donors (Lipinski definition) is 1. The van der Waals surface area contributed by atoms with Crippen molar-refractivity contribution < 1.29 is 33.1 Å². The summed E-state index contributed by atoms with van der Waals surface area (Å²) in [7, 11) is 0. The van der Waals surface area contributed by atoms with Gasteiger partial charge in [-0.15, -0.1) is 0 Å². The summed E-state index contributed by atoms with van der Waals surface area (Å²) in [4.78, 5) is 49.3. The number of aromatic nitrogens is 1. The summed E-state index contributed by atoms with van der Waals surface area (Å²) >= 11 is 0. The Morgan fingerprint density at radius 3 is 2.41 bits per heavy atom. The van der Waals surface area contributed by atoms with Crippen LogP contribution in [0.3, 0.4) is 0 Å². The highest BCUT2D eigenvalue weighted by molar-refractivity contribution is 6.11. The first kappa shape index (κ1) is 22.8. The van der Waals surface area contributed by atoms with Crippen LogP contribution < -0.4 is 5.32 Å². The quantitative estimate of drug-likeness (QED) is 0.419. The van der Waals surface area contributed by atoms with Crippen LogP contribution in [0.15, 0.2) is 34.9 Å². The molecular formula is C23H24N2O7. The molecule has 168 valence electrons. The van der Waals surface area contributed by atoms with E-state index in [1.165, 1.54) is 13.8 Å². The number of ether oxygens (including phenoxy) is 2. The molecule has 0 atom stereocenters. The molecule has 3 aromatic rings. The highest BCUT2D eigenvalue weighted by Gasteiger charge is 2.29. The lowest BCUT2D eigenvalue weighted by Crippen LogP contribution is -2.22. The zero-order chi connectivity index (χ0) is 23.4. The van der Waals surface area contributed by atoms with Gasteiger partial charge in [0.15, 0.2) is 12.4 Å². The molecule has 0 bridgehead atoms. The van der Waals surface area contributed by atoms with E-state index in [4.69, 9.17) is 13.9 Å². The van der Waals surface area contributed by atoms with Crippen LogP contribution in [0.1, 0.15) is 57.6 Å². The highest BCUT2D eigenvalue weighted by Crippen LogP contribution is 2.28. The molecule has 3 rings (SSSR count). The first-order valence-corrected chi connectivity index (χ1v) is 10.1. The van der Waals surface area contributed by atoms with Crippen molar-refractivity contribution in [3.63, 3.8) is 0 Å². The lowest BCUT2D eigenvalue weighted by atomic mass is 10.1. The predicted molar refractivity (Wildman–Crippen MR) is 116 cm³/mol. The average molecular weight is 440 g/mol. The molecule has 0 radical (unpaired) electrons. The summed E-state index contributed by atoms with van der Waals surface area (Å²) in [6, 6.07) is 7.39. The Bertz CT molecular complexity index is 1200. The van der Waals surface area contributed by atoms with Gasteiger partial charge in [-0.2, -0.15) is 0 Å². The Labute approximate surface area is 184 Å². The summed E-state index contributed by atoms with van der Waals surface area (Å²) in [6.45, 7) is 6.49. The number of nitrogens with one attached hydrogen (secondary N) is 1. The van der Waals surface area contributed by atoms with Crippen LogP contribution in [-0.4, -0.2) is 41.4 Å². The van der Waals surface area contributed by atoms with Crippen molar-refractivity contribution in [2.75, 3.05) is 18.5 Å². The molecule has 0 saturated heterocycles. The normalized spacial score (nSPS) is 10.8. The van der Waals surface area contributed by atoms with E-state index in [1.54, 1.807) is 19.2 Å². The number of rotatable bonds is 8. The van der Waals surface area contributed by atoms with E-state index >= 15 is 0 Å². The Morgan fingerprint density at radius 2 is 1.75 bits per heavy atom. The van der Waals surface area contributed by atoms with E-state index in [2.05, 4.69) is 5.32 Å². The number of anilines is 1. The molecule has 0 unspecified atom stereocenters. The second-order valence-electron chi connectivity index (χ2n) is 6.98. The first-order valence-electron chi connectivity index (χ1n) is 10.1. The van der Waals surface area contributed by atoms with Crippen LogP contribution in [-0.2, 0) is 20.8 Å². The number of carbonyl (C=O) groups is 4. The van der Waals surface area contributed by atoms with Crippen molar-refractivity contribution in [3.05, 3.63) is 52.9 Å². The van der Waals surface area contributed by atoms with Gasteiger partial charge in [-0.3, -0.25) is 14.9 Å². The minimum absolute atomic E-state index is 0.0307. The van der Waals surface area contributed by atoms with Gasteiger partial charge in [-0.25, -0.2) is 9.59 Å². The third-order valence-corrected chi connectivity index (χ3v) is 4.85. The fourth-order valence-electron chi connectivity index (χ4n) is 3.50. The summed E-state index contributed by atoms with van der Waals surface area (Å²) in [5.74, 6) is -2.65. The molecule has 0 aliphatic carbocycles. The average Bonchev–Trinajstić information content (AvgIpc) is 3.29. The van der Waals surface area contributed by atoms with Gasteiger partial charge >= 0.3 is 11.9 Å². The SMILES string of the molecule is CCOC(=O)c1c(NC(=O)COC(=O)c2cn(CC)c3ccccc23)oc(C)c1C(C)=O. The largest absolute Gasteiger partial charge is 0.462 e. The maximum atomic E-state index is 12.6. The summed E-state index contributed by atoms with van der Waals surface area (Å²) in [6.07, 6.45) is 1.68. The molecule has 9 nitrogen and oxygen atoms in total. The smallest absolute Gasteiger partial charge is 0.344 e. The van der Waals surface area contributed by atoms with Crippen LogP contribution in [0, 0.1) is 6.92 Å². The van der Waals surface area contributed by atoms with E-state index < -0.39 is 30.2 Å². The lowest BCUT2D eigenvalue weighted by molar-refractivity contribution is -0.119. The van der Waals surface area contributed by atoms with Crippen LogP contribution in [0.4, 0.5) is 5.88 Å². The molecular weight excluding hydrogens is 416 g/mol.